The number of carbonyl (C=O) groups excluding carboxylic acids is 2. The highest BCUT2D eigenvalue weighted by atomic mass is 16.2. The fraction of sp³-hybridized carbons (Fsp3) is 0.154. The maximum atomic E-state index is 13.4. The fourth-order valence-electron chi connectivity index (χ4n) is 4.19. The van der Waals surface area contributed by atoms with Crippen molar-refractivity contribution in [2.75, 3.05) is 0 Å². The van der Waals surface area contributed by atoms with Crippen LogP contribution in [0.4, 0.5) is 0 Å². The average molecular weight is 423 g/mol. The Kier molecular flexibility index (Phi) is 4.70. The number of aromatic nitrogens is 2. The molecule has 5 rings (SSSR count). The van der Waals surface area contributed by atoms with Crippen molar-refractivity contribution >= 4 is 22.6 Å². The molecule has 0 unspecified atom stereocenters. The fourth-order valence-corrected chi connectivity index (χ4v) is 4.19. The van der Waals surface area contributed by atoms with Crippen LogP contribution in [0, 0.1) is 0 Å². The number of hydrogen-bond donors (Lipinski definition) is 1. The van der Waals surface area contributed by atoms with Crippen molar-refractivity contribution in [2.45, 2.75) is 26.4 Å². The van der Waals surface area contributed by atoms with Gasteiger partial charge < -0.3 is 9.88 Å². The van der Waals surface area contributed by atoms with E-state index in [9.17, 15) is 14.4 Å². The molecule has 32 heavy (non-hydrogen) atoms. The second-order valence-corrected chi connectivity index (χ2v) is 8.19. The first-order valence-electron chi connectivity index (χ1n) is 10.5. The molecule has 1 aliphatic carbocycles. The van der Waals surface area contributed by atoms with Gasteiger partial charge in [-0.25, -0.2) is 4.98 Å². The number of benzene rings is 3. The largest absolute Gasteiger partial charge is 0.329 e. The lowest BCUT2D eigenvalue weighted by Gasteiger charge is -2.26. The van der Waals surface area contributed by atoms with E-state index in [0.29, 0.717) is 33.4 Å². The number of nitrogens with one attached hydrogen (secondary N) is 1. The van der Waals surface area contributed by atoms with Gasteiger partial charge in [-0.05, 0) is 49.2 Å². The second-order valence-electron chi connectivity index (χ2n) is 8.19. The zero-order valence-corrected chi connectivity index (χ0v) is 17.8. The zero-order valence-electron chi connectivity index (χ0n) is 17.8. The first-order valence-corrected chi connectivity index (χ1v) is 10.5. The van der Waals surface area contributed by atoms with E-state index in [2.05, 4.69) is 9.97 Å². The van der Waals surface area contributed by atoms with Crippen LogP contribution in [0.2, 0.25) is 0 Å². The SMILES string of the molecule is CC(C)N(Cc1nc2ccccc2c(=O)[nH]1)C(=O)c1ccc2c(c1)C(=O)c1ccccc1-2. The van der Waals surface area contributed by atoms with Gasteiger partial charge in [0.2, 0.25) is 0 Å². The molecule has 6 heteroatoms. The quantitative estimate of drug-likeness (QED) is 0.470. The minimum atomic E-state index is -0.234. The molecule has 0 spiro atoms. The van der Waals surface area contributed by atoms with Gasteiger partial charge in [0.05, 0.1) is 17.4 Å². The number of amides is 1. The van der Waals surface area contributed by atoms with E-state index in [0.717, 1.165) is 11.1 Å². The highest BCUT2D eigenvalue weighted by Crippen LogP contribution is 2.37. The molecule has 0 saturated heterocycles. The first kappa shape index (κ1) is 19.9. The first-order chi connectivity index (χ1) is 15.4. The molecule has 158 valence electrons. The van der Waals surface area contributed by atoms with Gasteiger partial charge in [0.1, 0.15) is 5.82 Å². The number of nitrogens with zero attached hydrogens (tertiary/aromatic N) is 2. The van der Waals surface area contributed by atoms with Crippen LogP contribution in [0.15, 0.2) is 71.5 Å². The monoisotopic (exact) mass is 423 g/mol. The Morgan fingerprint density at radius 2 is 1.59 bits per heavy atom. The van der Waals surface area contributed by atoms with Crippen molar-refractivity contribution in [1.82, 2.24) is 14.9 Å². The predicted molar refractivity (Wildman–Crippen MR) is 123 cm³/mol. The summed E-state index contributed by atoms with van der Waals surface area (Å²) in [4.78, 5) is 47.6. The number of carbonyl (C=O) groups is 2. The van der Waals surface area contributed by atoms with Crippen molar-refractivity contribution in [1.29, 1.82) is 0 Å². The van der Waals surface area contributed by atoms with Gasteiger partial charge in [0.25, 0.3) is 11.5 Å². The highest BCUT2D eigenvalue weighted by molar-refractivity contribution is 6.22. The highest BCUT2D eigenvalue weighted by Gasteiger charge is 2.28. The Morgan fingerprint density at radius 3 is 2.38 bits per heavy atom. The van der Waals surface area contributed by atoms with Gasteiger partial charge in [0, 0.05) is 22.7 Å². The summed E-state index contributed by atoms with van der Waals surface area (Å²) in [5.41, 5.74) is 3.72. The van der Waals surface area contributed by atoms with E-state index in [1.807, 2.05) is 44.2 Å². The number of para-hydroxylation sites is 1. The topological polar surface area (TPSA) is 83.1 Å². The molecule has 0 aliphatic heterocycles. The van der Waals surface area contributed by atoms with Crippen LogP contribution >= 0.6 is 0 Å². The minimum absolute atomic E-state index is 0.0677. The van der Waals surface area contributed by atoms with Crippen molar-refractivity contribution < 1.29 is 9.59 Å². The molecule has 0 bridgehead atoms. The summed E-state index contributed by atoms with van der Waals surface area (Å²) in [7, 11) is 0. The number of H-pyrrole nitrogens is 1. The molecule has 3 aromatic carbocycles. The van der Waals surface area contributed by atoms with Crippen molar-refractivity contribution in [2.24, 2.45) is 0 Å². The molecule has 4 aromatic rings. The third-order valence-electron chi connectivity index (χ3n) is 5.84. The summed E-state index contributed by atoms with van der Waals surface area (Å²) < 4.78 is 0. The van der Waals surface area contributed by atoms with E-state index in [4.69, 9.17) is 0 Å². The smallest absolute Gasteiger partial charge is 0.258 e. The van der Waals surface area contributed by atoms with E-state index in [1.165, 1.54) is 0 Å². The summed E-state index contributed by atoms with van der Waals surface area (Å²) in [5.74, 6) is 0.129. The molecule has 1 aliphatic rings. The Morgan fingerprint density at radius 1 is 0.906 bits per heavy atom. The third-order valence-corrected chi connectivity index (χ3v) is 5.84. The zero-order chi connectivity index (χ0) is 22.4. The molecule has 1 heterocycles. The lowest BCUT2D eigenvalue weighted by molar-refractivity contribution is 0.0685. The maximum Gasteiger partial charge on any atom is 0.258 e. The number of rotatable bonds is 4. The third kappa shape index (κ3) is 3.21. The maximum absolute atomic E-state index is 13.4. The lowest BCUT2D eigenvalue weighted by Crippen LogP contribution is -2.37. The van der Waals surface area contributed by atoms with Gasteiger partial charge in [-0.3, -0.25) is 14.4 Å². The average Bonchev–Trinajstić information content (AvgIpc) is 3.09. The number of fused-ring (bicyclic) bond motifs is 4. The number of hydrogen-bond acceptors (Lipinski definition) is 4. The van der Waals surface area contributed by atoms with Crippen LogP contribution in [-0.4, -0.2) is 32.6 Å². The van der Waals surface area contributed by atoms with Crippen LogP contribution < -0.4 is 5.56 Å². The summed E-state index contributed by atoms with van der Waals surface area (Å²) >= 11 is 0. The summed E-state index contributed by atoms with van der Waals surface area (Å²) in [6.45, 7) is 3.97. The van der Waals surface area contributed by atoms with Crippen LogP contribution in [0.1, 0.15) is 46.0 Å². The van der Waals surface area contributed by atoms with Gasteiger partial charge in [-0.1, -0.05) is 42.5 Å². The van der Waals surface area contributed by atoms with E-state index < -0.39 is 0 Å². The summed E-state index contributed by atoms with van der Waals surface area (Å²) in [6, 6.07) is 19.7. The predicted octanol–water partition coefficient (Wildman–Crippen LogP) is 4.19. The number of aromatic amines is 1. The molecule has 0 radical (unpaired) electrons. The molecule has 0 fully saturated rings. The van der Waals surface area contributed by atoms with Crippen molar-refractivity contribution in [3.05, 3.63) is 99.6 Å². The molecule has 0 atom stereocenters. The molecule has 1 amide bonds. The Balaban J connectivity index is 1.49. The van der Waals surface area contributed by atoms with Gasteiger partial charge in [0.15, 0.2) is 5.78 Å². The standard InChI is InChI=1S/C26H21N3O3/c1-15(2)29(14-23-27-22-10-6-5-9-20(22)25(31)28-23)26(32)16-11-12-18-17-7-3-4-8-19(17)24(30)21(18)13-16/h3-13,15H,14H2,1-2H3,(H,27,28,31). The van der Waals surface area contributed by atoms with Gasteiger partial charge in [-0.2, -0.15) is 0 Å². The van der Waals surface area contributed by atoms with Crippen LogP contribution in [0.5, 0.6) is 0 Å². The number of ketones is 1. The lowest BCUT2D eigenvalue weighted by atomic mass is 10.0. The van der Waals surface area contributed by atoms with Crippen LogP contribution in [0.25, 0.3) is 22.0 Å². The van der Waals surface area contributed by atoms with Crippen molar-refractivity contribution in [3.63, 3.8) is 0 Å². The van der Waals surface area contributed by atoms with Gasteiger partial charge >= 0.3 is 0 Å². The van der Waals surface area contributed by atoms with Crippen LogP contribution in [0.3, 0.4) is 0 Å². The Hall–Kier alpha value is -4.06. The minimum Gasteiger partial charge on any atom is -0.329 e. The Bertz CT molecular complexity index is 1450. The normalized spacial score (nSPS) is 12.2. The second kappa shape index (κ2) is 7.57. The summed E-state index contributed by atoms with van der Waals surface area (Å²) in [5, 5.41) is 0.510. The van der Waals surface area contributed by atoms with Gasteiger partial charge in [-0.15, -0.1) is 0 Å². The summed E-state index contributed by atoms with van der Waals surface area (Å²) in [6.07, 6.45) is 0. The Labute approximate surface area is 184 Å². The van der Waals surface area contributed by atoms with E-state index in [1.54, 1.807) is 41.3 Å². The van der Waals surface area contributed by atoms with Crippen LogP contribution in [-0.2, 0) is 6.54 Å². The molecular formula is C26H21N3O3. The van der Waals surface area contributed by atoms with E-state index >= 15 is 0 Å². The molecule has 6 nitrogen and oxygen atoms in total. The van der Waals surface area contributed by atoms with E-state index in [-0.39, 0.29) is 29.8 Å². The molecule has 1 aromatic heterocycles. The molecule has 0 saturated carbocycles. The molecular weight excluding hydrogens is 402 g/mol. The molecule has 1 N–H and O–H groups in total. The van der Waals surface area contributed by atoms with Crippen molar-refractivity contribution in [3.8, 4) is 11.1 Å².